The lowest BCUT2D eigenvalue weighted by molar-refractivity contribution is 1.23. The zero-order valence-electron chi connectivity index (χ0n) is 31.6. The molecule has 0 spiro atoms. The molecule has 0 aliphatic carbocycles. The second-order valence-corrected chi connectivity index (χ2v) is 16.5. The van der Waals surface area contributed by atoms with Crippen LogP contribution >= 0.6 is 0 Å². The van der Waals surface area contributed by atoms with E-state index in [2.05, 4.69) is 197 Å². The molecule has 0 N–H and O–H groups in total. The van der Waals surface area contributed by atoms with Gasteiger partial charge in [0.15, 0.2) is 0 Å². The average molecular weight is 722 g/mol. The van der Waals surface area contributed by atoms with Crippen LogP contribution in [-0.4, -0.2) is 20.4 Å². The van der Waals surface area contributed by atoms with E-state index < -0.39 is 0 Å². The summed E-state index contributed by atoms with van der Waals surface area (Å²) in [5.41, 5.74) is 27.7. The second-order valence-electron chi connectivity index (χ2n) is 16.5. The monoisotopic (exact) mass is 722 g/mol. The van der Waals surface area contributed by atoms with Crippen molar-refractivity contribution in [3.05, 3.63) is 175 Å². The smallest absolute Gasteiger partial charge is 0.333 e. The maximum Gasteiger partial charge on any atom is 0.333 e. The summed E-state index contributed by atoms with van der Waals surface area (Å²) in [6.45, 7) is 4.49. The Bertz CT molecular complexity index is 2910. The van der Waals surface area contributed by atoms with Crippen molar-refractivity contribution >= 4 is 116 Å². The SMILES string of the molecule is Cc1ccc2c(c1)N1c3ccccc3B3c4c5c6c7c(c41)B2c1ccc(C)cc1N7c1ccccc1B6N(c1ccccc1)c1cccc(c1-5)N3c1ccccc1. The van der Waals surface area contributed by atoms with E-state index in [1.807, 2.05) is 0 Å². The van der Waals surface area contributed by atoms with Gasteiger partial charge in [-0.15, -0.1) is 0 Å². The van der Waals surface area contributed by atoms with Gasteiger partial charge in [0.2, 0.25) is 0 Å². The van der Waals surface area contributed by atoms with E-state index in [0.29, 0.717) is 0 Å². The molecule has 0 unspecified atom stereocenters. The molecule has 0 saturated carbocycles. The Balaban J connectivity index is 1.25. The van der Waals surface area contributed by atoms with Gasteiger partial charge < -0.3 is 19.4 Å². The Morgan fingerprint density at radius 2 is 0.789 bits per heavy atom. The summed E-state index contributed by atoms with van der Waals surface area (Å²) >= 11 is 0. The molecule has 7 heteroatoms. The first-order valence-electron chi connectivity index (χ1n) is 20.2. The molecule has 57 heavy (non-hydrogen) atoms. The lowest BCUT2D eigenvalue weighted by Gasteiger charge is -2.56. The highest BCUT2D eigenvalue weighted by Gasteiger charge is 2.58. The summed E-state index contributed by atoms with van der Waals surface area (Å²) in [5.74, 6) is 0. The van der Waals surface area contributed by atoms with Crippen molar-refractivity contribution in [3.63, 3.8) is 0 Å². The number of rotatable bonds is 2. The van der Waals surface area contributed by atoms with Crippen LogP contribution in [0, 0.1) is 13.8 Å². The molecule has 14 rings (SSSR count). The van der Waals surface area contributed by atoms with Crippen molar-refractivity contribution < 1.29 is 0 Å². The lowest BCUT2D eigenvalue weighted by Crippen LogP contribution is -2.74. The minimum Gasteiger partial charge on any atom is -0.376 e. The predicted octanol–water partition coefficient (Wildman–Crippen LogP) is 7.19. The molecular formula is C50H33B3N4. The van der Waals surface area contributed by atoms with Gasteiger partial charge in [0.1, 0.15) is 0 Å². The van der Waals surface area contributed by atoms with Crippen molar-refractivity contribution in [2.45, 2.75) is 13.8 Å². The number of hydrogen-bond donors (Lipinski definition) is 0. The highest BCUT2D eigenvalue weighted by molar-refractivity contribution is 7.05. The van der Waals surface area contributed by atoms with Crippen molar-refractivity contribution in [1.29, 1.82) is 0 Å². The van der Waals surface area contributed by atoms with E-state index in [0.717, 1.165) is 0 Å². The van der Waals surface area contributed by atoms with Crippen molar-refractivity contribution in [2.24, 2.45) is 0 Å². The van der Waals surface area contributed by atoms with E-state index >= 15 is 0 Å². The fraction of sp³-hybridized carbons (Fsp3) is 0.0400. The topological polar surface area (TPSA) is 13.0 Å². The van der Waals surface area contributed by atoms with Gasteiger partial charge in [-0.1, -0.05) is 103 Å². The van der Waals surface area contributed by atoms with Gasteiger partial charge in [-0.3, -0.25) is 0 Å². The van der Waals surface area contributed by atoms with Crippen LogP contribution in [0.3, 0.4) is 0 Å². The van der Waals surface area contributed by atoms with Crippen LogP contribution in [0.25, 0.3) is 11.1 Å². The number of aryl methyl sites for hydroxylation is 2. The quantitative estimate of drug-likeness (QED) is 0.175. The molecule has 4 nitrogen and oxygen atoms in total. The van der Waals surface area contributed by atoms with Crippen LogP contribution < -0.4 is 57.7 Å². The largest absolute Gasteiger partial charge is 0.376 e. The first-order chi connectivity index (χ1) is 28.2. The molecule has 0 atom stereocenters. The first-order valence-corrected chi connectivity index (χ1v) is 20.2. The molecular weight excluding hydrogens is 689 g/mol. The number of hydrogen-bond acceptors (Lipinski definition) is 4. The maximum absolute atomic E-state index is 2.67. The molecule has 8 aromatic rings. The van der Waals surface area contributed by atoms with Crippen LogP contribution in [0.4, 0.5) is 56.9 Å². The normalized spacial score (nSPS) is 14.9. The summed E-state index contributed by atoms with van der Waals surface area (Å²) in [7, 11) is 0. The molecule has 8 aromatic carbocycles. The highest BCUT2D eigenvalue weighted by Crippen LogP contribution is 2.55. The van der Waals surface area contributed by atoms with Crippen molar-refractivity contribution in [1.82, 2.24) is 0 Å². The number of para-hydroxylation sites is 4. The Morgan fingerprint density at radius 1 is 0.351 bits per heavy atom. The third-order valence-electron chi connectivity index (χ3n) is 13.6. The average Bonchev–Trinajstić information content (AvgIpc) is 3.26. The van der Waals surface area contributed by atoms with Crippen LogP contribution in [0.2, 0.25) is 0 Å². The third kappa shape index (κ3) is 3.56. The summed E-state index contributed by atoms with van der Waals surface area (Å²) in [6.07, 6.45) is 0. The zero-order chi connectivity index (χ0) is 37.3. The minimum absolute atomic E-state index is 0.0323. The standard InChI is InChI=1S/C50H33B3N4/c1-30-24-26-34-42(28-30)54-38-20-11-9-18-36(38)52-46-45-44-40(56(52)32-14-5-3-6-15-32)22-13-23-41(44)57(33-16-7-4-8-17-33)53-37-19-10-12-21-39(37)55-43-29-31(2)25-27-35(43)51(34)48(49(46)54)50(55)47(45)53/h3-29H,1-2H3. The molecule has 0 amide bonds. The zero-order valence-corrected chi connectivity index (χ0v) is 31.6. The van der Waals surface area contributed by atoms with E-state index in [4.69, 9.17) is 0 Å². The van der Waals surface area contributed by atoms with Gasteiger partial charge in [-0.25, -0.2) is 0 Å². The Kier molecular flexibility index (Phi) is 5.60. The van der Waals surface area contributed by atoms with Crippen molar-refractivity contribution in [3.8, 4) is 11.1 Å². The van der Waals surface area contributed by atoms with Gasteiger partial charge in [-0.2, -0.15) is 0 Å². The van der Waals surface area contributed by atoms with Crippen molar-refractivity contribution in [2.75, 3.05) is 19.4 Å². The van der Waals surface area contributed by atoms with Gasteiger partial charge in [0, 0.05) is 62.4 Å². The molecule has 6 aliphatic rings. The molecule has 0 fully saturated rings. The third-order valence-corrected chi connectivity index (χ3v) is 13.6. The van der Waals surface area contributed by atoms with Crippen LogP contribution in [-0.2, 0) is 0 Å². The van der Waals surface area contributed by atoms with E-state index in [1.165, 1.54) is 117 Å². The van der Waals surface area contributed by atoms with Gasteiger partial charge >= 0.3 is 13.7 Å². The fourth-order valence-electron chi connectivity index (χ4n) is 11.7. The van der Waals surface area contributed by atoms with Gasteiger partial charge in [0.25, 0.3) is 6.71 Å². The molecule has 6 aliphatic heterocycles. The summed E-state index contributed by atoms with van der Waals surface area (Å²) in [5, 5.41) is 0. The maximum atomic E-state index is 2.67. The Hall–Kier alpha value is -6.85. The Labute approximate surface area is 333 Å². The number of benzene rings is 8. The number of nitrogens with zero attached hydrogens (tertiary/aromatic N) is 4. The van der Waals surface area contributed by atoms with Crippen LogP contribution in [0.15, 0.2) is 164 Å². The number of fused-ring (bicyclic) bond motifs is 12. The highest BCUT2D eigenvalue weighted by atomic mass is 15.2. The molecule has 0 saturated heterocycles. The molecule has 262 valence electrons. The van der Waals surface area contributed by atoms with Gasteiger partial charge in [-0.05, 0) is 129 Å². The summed E-state index contributed by atoms with van der Waals surface area (Å²) in [6, 6.07) is 62.1. The first kappa shape index (κ1) is 30.4. The predicted molar refractivity (Wildman–Crippen MR) is 243 cm³/mol. The van der Waals surface area contributed by atoms with Crippen LogP contribution in [0.1, 0.15) is 11.1 Å². The molecule has 0 bridgehead atoms. The van der Waals surface area contributed by atoms with Crippen LogP contribution in [0.5, 0.6) is 0 Å². The second kappa shape index (κ2) is 10.5. The number of anilines is 10. The lowest BCUT2D eigenvalue weighted by atomic mass is 9.28. The Morgan fingerprint density at radius 3 is 1.28 bits per heavy atom. The van der Waals surface area contributed by atoms with Gasteiger partial charge in [0.05, 0.1) is 0 Å². The molecule has 0 radical (unpaired) electrons. The van der Waals surface area contributed by atoms with E-state index in [9.17, 15) is 0 Å². The fourth-order valence-corrected chi connectivity index (χ4v) is 11.7. The molecule has 0 aromatic heterocycles. The van der Waals surface area contributed by atoms with E-state index in [1.54, 1.807) is 0 Å². The minimum atomic E-state index is -0.0323. The summed E-state index contributed by atoms with van der Waals surface area (Å²) in [4.78, 5) is 10.6. The summed E-state index contributed by atoms with van der Waals surface area (Å²) < 4.78 is 0. The molecule has 6 heterocycles. The van der Waals surface area contributed by atoms with E-state index in [-0.39, 0.29) is 20.4 Å².